The number of nitrogens with zero attached hydrogens (tertiary/aromatic N) is 5. The molecule has 0 fully saturated rings. The van der Waals surface area contributed by atoms with Crippen molar-refractivity contribution >= 4 is 12.2 Å². The number of hydrogen-bond acceptors (Lipinski definition) is 6. The van der Waals surface area contributed by atoms with Gasteiger partial charge in [0.15, 0.2) is 5.82 Å². The second-order valence-corrected chi connectivity index (χ2v) is 8.07. The first-order valence-electron chi connectivity index (χ1n) is 11.2. The number of ether oxygens (including phenoxy) is 1. The zero-order chi connectivity index (χ0) is 25.5. The summed E-state index contributed by atoms with van der Waals surface area (Å²) in [6.45, 7) is 2.70. The average molecular weight is 501 g/mol. The summed E-state index contributed by atoms with van der Waals surface area (Å²) in [5, 5.41) is 12.0. The van der Waals surface area contributed by atoms with E-state index in [-0.39, 0.29) is 18.1 Å². The summed E-state index contributed by atoms with van der Waals surface area (Å²) < 4.78 is 63.0. The van der Waals surface area contributed by atoms with Gasteiger partial charge in [0.05, 0.1) is 12.1 Å². The van der Waals surface area contributed by atoms with Crippen LogP contribution in [0.3, 0.4) is 0 Å². The summed E-state index contributed by atoms with van der Waals surface area (Å²) in [6, 6.07) is 10.1. The van der Waals surface area contributed by atoms with Crippen molar-refractivity contribution in [3.63, 3.8) is 0 Å². The Hall–Kier alpha value is -4.02. The van der Waals surface area contributed by atoms with Crippen molar-refractivity contribution in [1.29, 1.82) is 0 Å². The van der Waals surface area contributed by atoms with E-state index in [0.29, 0.717) is 23.3 Å². The van der Waals surface area contributed by atoms with Crippen molar-refractivity contribution in [2.45, 2.75) is 45.5 Å². The Bertz CT molecular complexity index is 1310. The summed E-state index contributed by atoms with van der Waals surface area (Å²) >= 11 is 0. The largest absolute Gasteiger partial charge is 0.487 e. The van der Waals surface area contributed by atoms with Crippen LogP contribution in [0, 0.1) is 12.7 Å². The predicted octanol–water partition coefficient (Wildman–Crippen LogP) is 5.90. The number of unbranched alkanes of at least 4 members (excludes halogenated alkanes) is 1. The summed E-state index contributed by atoms with van der Waals surface area (Å²) in [5.74, 6) is 0.534. The number of halogens is 4. The molecule has 0 atom stereocenters. The number of tetrazole rings is 1. The van der Waals surface area contributed by atoms with Gasteiger partial charge in [0.1, 0.15) is 30.1 Å². The van der Waals surface area contributed by atoms with E-state index < -0.39 is 17.6 Å². The fourth-order valence-corrected chi connectivity index (χ4v) is 3.38. The lowest BCUT2D eigenvalue weighted by molar-refractivity contribution is -0.137. The standard InChI is InChI=1S/C25H23F4N5O2/c1-17-31-33-34(32-17)13-3-2-4-18-5-10-22(11-6-18)35-15-21-16-36-24(30-21)12-8-19-7-9-20(14-23(19)26)25(27,28)29/h5-12,14,16H,2-4,13,15H2,1H3/b12-8+. The summed E-state index contributed by atoms with van der Waals surface area (Å²) in [4.78, 5) is 5.82. The fourth-order valence-electron chi connectivity index (χ4n) is 3.38. The van der Waals surface area contributed by atoms with Crippen LogP contribution in [-0.4, -0.2) is 25.2 Å². The highest BCUT2D eigenvalue weighted by molar-refractivity contribution is 5.66. The van der Waals surface area contributed by atoms with Crippen molar-refractivity contribution in [3.8, 4) is 5.75 Å². The number of oxazole rings is 1. The van der Waals surface area contributed by atoms with Crippen LogP contribution in [-0.2, 0) is 25.7 Å². The van der Waals surface area contributed by atoms with Gasteiger partial charge in [-0.25, -0.2) is 9.37 Å². The molecule has 36 heavy (non-hydrogen) atoms. The molecular formula is C25H23F4N5O2. The van der Waals surface area contributed by atoms with Gasteiger partial charge in [-0.1, -0.05) is 18.2 Å². The molecule has 0 spiro atoms. The Morgan fingerprint density at radius 1 is 1.06 bits per heavy atom. The molecule has 0 N–H and O–H groups in total. The number of benzene rings is 2. The SMILES string of the molecule is Cc1nnn(CCCCc2ccc(OCc3coc(/C=C/c4ccc(C(F)(F)F)cc4F)n3)cc2)n1. The normalized spacial score (nSPS) is 11.9. The molecule has 0 aliphatic heterocycles. The summed E-state index contributed by atoms with van der Waals surface area (Å²) in [7, 11) is 0. The zero-order valence-electron chi connectivity index (χ0n) is 19.4. The highest BCUT2D eigenvalue weighted by Crippen LogP contribution is 2.30. The first-order chi connectivity index (χ1) is 17.3. The second-order valence-electron chi connectivity index (χ2n) is 8.07. The molecule has 2 aromatic heterocycles. The molecule has 4 rings (SSSR count). The first kappa shape index (κ1) is 25.1. The number of aromatic nitrogens is 5. The van der Waals surface area contributed by atoms with Gasteiger partial charge in [0.25, 0.3) is 0 Å². The van der Waals surface area contributed by atoms with Crippen molar-refractivity contribution in [3.05, 3.63) is 88.6 Å². The van der Waals surface area contributed by atoms with Gasteiger partial charge in [-0.2, -0.15) is 18.0 Å². The van der Waals surface area contributed by atoms with Gasteiger partial charge in [0, 0.05) is 11.6 Å². The smallest absolute Gasteiger partial charge is 0.416 e. The van der Waals surface area contributed by atoms with E-state index in [1.54, 1.807) is 11.7 Å². The molecule has 0 aliphatic carbocycles. The quantitative estimate of drug-likeness (QED) is 0.199. The van der Waals surface area contributed by atoms with Crippen LogP contribution in [0.1, 0.15) is 46.9 Å². The molecule has 2 heterocycles. The summed E-state index contributed by atoms with van der Waals surface area (Å²) in [6.07, 6.45) is 2.35. The third-order valence-corrected chi connectivity index (χ3v) is 5.24. The Morgan fingerprint density at radius 2 is 1.86 bits per heavy atom. The monoisotopic (exact) mass is 501 g/mol. The Kier molecular flexibility index (Phi) is 7.77. The van der Waals surface area contributed by atoms with Crippen LogP contribution in [0.25, 0.3) is 12.2 Å². The molecular weight excluding hydrogens is 478 g/mol. The van der Waals surface area contributed by atoms with Crippen LogP contribution in [0.5, 0.6) is 5.75 Å². The van der Waals surface area contributed by atoms with E-state index in [2.05, 4.69) is 20.4 Å². The average Bonchev–Trinajstić information content (AvgIpc) is 3.48. The molecule has 11 heteroatoms. The highest BCUT2D eigenvalue weighted by Gasteiger charge is 2.30. The van der Waals surface area contributed by atoms with E-state index in [0.717, 1.165) is 37.9 Å². The number of rotatable bonds is 10. The minimum Gasteiger partial charge on any atom is -0.487 e. The fraction of sp³-hybridized carbons (Fsp3) is 0.280. The number of alkyl halides is 3. The van der Waals surface area contributed by atoms with Gasteiger partial charge >= 0.3 is 6.18 Å². The Balaban J connectivity index is 1.23. The molecule has 0 saturated carbocycles. The Morgan fingerprint density at radius 3 is 2.56 bits per heavy atom. The van der Waals surface area contributed by atoms with Gasteiger partial charge in [-0.15, -0.1) is 10.2 Å². The van der Waals surface area contributed by atoms with E-state index in [9.17, 15) is 17.6 Å². The third kappa shape index (κ3) is 7.00. The van der Waals surface area contributed by atoms with E-state index in [1.165, 1.54) is 24.0 Å². The maximum atomic E-state index is 14.0. The molecule has 4 aromatic rings. The minimum absolute atomic E-state index is 0.00995. The summed E-state index contributed by atoms with van der Waals surface area (Å²) in [5.41, 5.74) is 0.652. The molecule has 0 unspecified atom stereocenters. The topological polar surface area (TPSA) is 78.9 Å². The van der Waals surface area contributed by atoms with Crippen LogP contribution in [0.15, 0.2) is 53.1 Å². The predicted molar refractivity (Wildman–Crippen MR) is 123 cm³/mol. The third-order valence-electron chi connectivity index (χ3n) is 5.24. The van der Waals surface area contributed by atoms with Crippen LogP contribution in [0.2, 0.25) is 0 Å². The lowest BCUT2D eigenvalue weighted by atomic mass is 10.1. The first-order valence-corrected chi connectivity index (χ1v) is 11.2. The van der Waals surface area contributed by atoms with E-state index in [1.807, 2.05) is 24.3 Å². The van der Waals surface area contributed by atoms with Crippen LogP contribution in [0.4, 0.5) is 17.6 Å². The molecule has 0 aliphatic rings. The van der Waals surface area contributed by atoms with Gasteiger partial charge in [-0.3, -0.25) is 0 Å². The van der Waals surface area contributed by atoms with Gasteiger partial charge in [-0.05, 0) is 67.3 Å². The maximum absolute atomic E-state index is 14.0. The molecule has 0 bridgehead atoms. The maximum Gasteiger partial charge on any atom is 0.416 e. The molecule has 188 valence electrons. The van der Waals surface area contributed by atoms with Gasteiger partial charge in [0.2, 0.25) is 5.89 Å². The minimum atomic E-state index is -4.60. The molecule has 0 amide bonds. The van der Waals surface area contributed by atoms with Crippen LogP contribution < -0.4 is 4.74 Å². The van der Waals surface area contributed by atoms with Crippen molar-refractivity contribution in [2.24, 2.45) is 0 Å². The number of hydrogen-bond donors (Lipinski definition) is 0. The van der Waals surface area contributed by atoms with Crippen LogP contribution >= 0.6 is 0 Å². The molecule has 0 saturated heterocycles. The van der Waals surface area contributed by atoms with E-state index >= 15 is 0 Å². The Labute approximate surface area is 204 Å². The second kappa shape index (κ2) is 11.1. The van der Waals surface area contributed by atoms with Gasteiger partial charge < -0.3 is 9.15 Å². The van der Waals surface area contributed by atoms with Crippen molar-refractivity contribution in [2.75, 3.05) is 0 Å². The number of aryl methyl sites for hydroxylation is 3. The zero-order valence-corrected chi connectivity index (χ0v) is 19.4. The van der Waals surface area contributed by atoms with Crippen molar-refractivity contribution in [1.82, 2.24) is 25.2 Å². The van der Waals surface area contributed by atoms with Crippen molar-refractivity contribution < 1.29 is 26.7 Å². The lowest BCUT2D eigenvalue weighted by Crippen LogP contribution is -2.05. The molecule has 2 aromatic carbocycles. The molecule has 7 nitrogen and oxygen atoms in total. The van der Waals surface area contributed by atoms with E-state index in [4.69, 9.17) is 9.15 Å². The highest BCUT2D eigenvalue weighted by atomic mass is 19.4. The molecule has 0 radical (unpaired) electrons. The lowest BCUT2D eigenvalue weighted by Gasteiger charge is -2.07.